The van der Waals surface area contributed by atoms with E-state index in [0.29, 0.717) is 32.7 Å². The van der Waals surface area contributed by atoms with Gasteiger partial charge in [-0.2, -0.15) is 0 Å². The van der Waals surface area contributed by atoms with Crippen LogP contribution in [0.15, 0.2) is 114 Å². The smallest absolute Gasteiger partial charge is 0.136 e. The van der Waals surface area contributed by atoms with Crippen molar-refractivity contribution < 1.29 is 4.42 Å². The minimum atomic E-state index is 0.176. The molecule has 0 N–H and O–H groups in total. The third-order valence-electron chi connectivity index (χ3n) is 10.2. The number of hydrogen-bond acceptors (Lipinski definition) is 1. The van der Waals surface area contributed by atoms with Crippen molar-refractivity contribution in [1.82, 2.24) is 0 Å². The van der Waals surface area contributed by atoms with Gasteiger partial charge in [0.05, 0.1) is 0 Å². The summed E-state index contributed by atoms with van der Waals surface area (Å²) in [7, 11) is 53.7. The minimum Gasteiger partial charge on any atom is -0.456 e. The Hall–Kier alpha value is -5.14. The van der Waals surface area contributed by atoms with Crippen LogP contribution in [0.5, 0.6) is 0 Å². The summed E-state index contributed by atoms with van der Waals surface area (Å²) in [5.41, 5.74) is 8.30. The number of benzene rings is 8. The van der Waals surface area contributed by atoms with Crippen molar-refractivity contribution >= 4 is 161 Å². The van der Waals surface area contributed by atoms with E-state index in [9.17, 15) is 0 Å². The highest BCUT2D eigenvalue weighted by atomic mass is 16.3. The summed E-state index contributed by atoms with van der Waals surface area (Å²) in [6.07, 6.45) is 0. The monoisotopic (exact) mass is 626 g/mol. The fraction of sp³-hybridized carbons (Fsp3) is 0. The maximum absolute atomic E-state index is 6.92. The molecule has 16 radical (unpaired) electrons. The van der Waals surface area contributed by atoms with E-state index < -0.39 is 0 Å². The summed E-state index contributed by atoms with van der Waals surface area (Å²) in [6, 6.07) is 36.5. The Morgan fingerprint density at radius 3 is 1.43 bits per heavy atom. The molecule has 0 unspecified atom stereocenters. The molecule has 51 heavy (non-hydrogen) atoms. The maximum Gasteiger partial charge on any atom is 0.136 e. The molecule has 0 fully saturated rings. The first-order valence-electron chi connectivity index (χ1n) is 16.4. The van der Waals surface area contributed by atoms with Crippen LogP contribution in [0.1, 0.15) is 0 Å². The molecule has 0 aliphatic carbocycles. The fourth-order valence-corrected chi connectivity index (χ4v) is 7.71. The van der Waals surface area contributed by atoms with E-state index >= 15 is 0 Å². The van der Waals surface area contributed by atoms with Crippen molar-refractivity contribution in [3.8, 4) is 33.4 Å². The van der Waals surface area contributed by atoms with Gasteiger partial charge in [0, 0.05) is 10.8 Å². The molecule has 1 nitrogen and oxygen atoms in total. The first kappa shape index (κ1) is 31.8. The molecule has 0 spiro atoms. The molecule has 0 saturated carbocycles. The highest BCUT2D eigenvalue weighted by molar-refractivity contribution is 6.71. The van der Waals surface area contributed by atoms with Crippen LogP contribution in [-0.4, -0.2) is 62.8 Å². The predicted octanol–water partition coefficient (Wildman–Crippen LogP) is 2.40. The van der Waals surface area contributed by atoms with E-state index in [1.807, 2.05) is 66.7 Å². The maximum atomic E-state index is 6.92. The van der Waals surface area contributed by atoms with Crippen LogP contribution in [0.3, 0.4) is 0 Å². The van der Waals surface area contributed by atoms with Gasteiger partial charge in [0.15, 0.2) is 0 Å². The zero-order valence-electron chi connectivity index (χ0n) is 27.4. The van der Waals surface area contributed by atoms with Crippen LogP contribution >= 0.6 is 0 Å². The van der Waals surface area contributed by atoms with Gasteiger partial charge in [0.2, 0.25) is 0 Å². The average molecular weight is 625 g/mol. The average Bonchev–Trinajstić information content (AvgIpc) is 3.55. The molecule has 9 aromatic rings. The van der Waals surface area contributed by atoms with Gasteiger partial charge in [-0.15, -0.1) is 21.9 Å². The van der Waals surface area contributed by atoms with Gasteiger partial charge in [-0.3, -0.25) is 0 Å². The molecule has 0 atom stereocenters. The molecular formula is C42H18B8O. The van der Waals surface area contributed by atoms with E-state index in [-0.39, 0.29) is 43.7 Å². The van der Waals surface area contributed by atoms with Crippen molar-refractivity contribution in [3.05, 3.63) is 109 Å². The zero-order valence-corrected chi connectivity index (χ0v) is 27.4. The summed E-state index contributed by atoms with van der Waals surface area (Å²) in [4.78, 5) is 0. The van der Waals surface area contributed by atoms with Gasteiger partial charge < -0.3 is 4.42 Å². The largest absolute Gasteiger partial charge is 0.456 e. The van der Waals surface area contributed by atoms with Gasteiger partial charge in [0.1, 0.15) is 73.9 Å². The van der Waals surface area contributed by atoms with Crippen LogP contribution in [0.4, 0.5) is 0 Å². The molecule has 0 aliphatic heterocycles. The van der Waals surface area contributed by atoms with Gasteiger partial charge in [-0.25, -0.2) is 0 Å². The topological polar surface area (TPSA) is 13.1 Å². The Kier molecular flexibility index (Phi) is 7.30. The molecule has 216 valence electrons. The van der Waals surface area contributed by atoms with Crippen molar-refractivity contribution in [3.63, 3.8) is 0 Å². The molecule has 1 aromatic heterocycles. The van der Waals surface area contributed by atoms with Crippen LogP contribution in [0, 0.1) is 0 Å². The van der Waals surface area contributed by atoms with E-state index in [0.717, 1.165) is 55.0 Å². The molecule has 0 saturated heterocycles. The summed E-state index contributed by atoms with van der Waals surface area (Å²) < 4.78 is 6.28. The molecular weight excluding hydrogens is 607 g/mol. The molecule has 9 rings (SSSR count). The lowest BCUT2D eigenvalue weighted by atomic mass is 9.59. The highest BCUT2D eigenvalue weighted by Crippen LogP contribution is 2.42. The summed E-state index contributed by atoms with van der Waals surface area (Å²) in [5.74, 6) is 0. The zero-order chi connectivity index (χ0) is 35.3. The molecule has 8 aromatic carbocycles. The number of fused-ring (bicyclic) bond motifs is 7. The van der Waals surface area contributed by atoms with Crippen molar-refractivity contribution in [2.45, 2.75) is 0 Å². The van der Waals surface area contributed by atoms with Gasteiger partial charge in [-0.05, 0) is 90.0 Å². The lowest BCUT2D eigenvalue weighted by Gasteiger charge is -2.28. The molecule has 9 heteroatoms. The Bertz CT molecular complexity index is 2870. The normalized spacial score (nSPS) is 11.8. The summed E-state index contributed by atoms with van der Waals surface area (Å²) >= 11 is 0. The molecule has 1 heterocycles. The Morgan fingerprint density at radius 1 is 0.314 bits per heavy atom. The quantitative estimate of drug-likeness (QED) is 0.218. The third-order valence-corrected chi connectivity index (χ3v) is 10.2. The third kappa shape index (κ3) is 4.60. The lowest BCUT2D eigenvalue weighted by Crippen LogP contribution is -2.50. The second kappa shape index (κ2) is 11.7. The Labute approximate surface area is 306 Å². The SMILES string of the molecule is [B]c1c([B])c([B])c2c(-c3cccc(-c4ccc5oc6ccc7ccccc7c6c5c4)c3)c3c([B])c([B])c([B])c([B])c3c(-c3ccccc3)c2c1[B]. The predicted molar refractivity (Wildman–Crippen MR) is 226 cm³/mol. The van der Waals surface area contributed by atoms with Crippen LogP contribution < -0.4 is 43.7 Å². The van der Waals surface area contributed by atoms with E-state index in [1.165, 1.54) is 0 Å². The number of rotatable bonds is 3. The summed E-state index contributed by atoms with van der Waals surface area (Å²) in [6.45, 7) is 0. The first-order chi connectivity index (χ1) is 24.7. The standard InChI is InChI=1S/C42H18B8O/c43-35-31-28(20-8-2-1-3-9-20)32-34(38(46)42(50)40(48)36(32)44)29(33(31)37(45)41(49)39(35)47)23-11-6-10-21(17-23)22-14-15-26-25(18-22)30-24-12-5-4-7-19(24)13-16-27(30)51-26/h1-18H. The van der Waals surface area contributed by atoms with E-state index in [4.69, 9.17) is 67.2 Å². The van der Waals surface area contributed by atoms with Gasteiger partial charge in [-0.1, -0.05) is 107 Å². The number of hydrogen-bond donors (Lipinski definition) is 0. The van der Waals surface area contributed by atoms with Gasteiger partial charge >= 0.3 is 0 Å². The van der Waals surface area contributed by atoms with E-state index in [2.05, 4.69) is 42.5 Å². The Balaban J connectivity index is 1.40. The second-order valence-electron chi connectivity index (χ2n) is 13.0. The van der Waals surface area contributed by atoms with Gasteiger partial charge in [0.25, 0.3) is 0 Å². The van der Waals surface area contributed by atoms with Crippen LogP contribution in [0.25, 0.3) is 87.6 Å². The fourth-order valence-electron chi connectivity index (χ4n) is 7.71. The molecule has 0 aliphatic rings. The molecule has 0 amide bonds. The van der Waals surface area contributed by atoms with Crippen LogP contribution in [0.2, 0.25) is 0 Å². The highest BCUT2D eigenvalue weighted by Gasteiger charge is 2.24. The summed E-state index contributed by atoms with van der Waals surface area (Å²) in [5, 5.41) is 6.72. The minimum absolute atomic E-state index is 0.176. The van der Waals surface area contributed by atoms with Crippen LogP contribution in [-0.2, 0) is 0 Å². The van der Waals surface area contributed by atoms with Crippen molar-refractivity contribution in [2.75, 3.05) is 0 Å². The van der Waals surface area contributed by atoms with Crippen molar-refractivity contribution in [1.29, 1.82) is 0 Å². The first-order valence-corrected chi connectivity index (χ1v) is 16.4. The Morgan fingerprint density at radius 2 is 0.804 bits per heavy atom. The number of furan rings is 1. The van der Waals surface area contributed by atoms with Crippen molar-refractivity contribution in [2.24, 2.45) is 0 Å². The van der Waals surface area contributed by atoms with E-state index in [1.54, 1.807) is 0 Å². The molecule has 0 bridgehead atoms. The second-order valence-corrected chi connectivity index (χ2v) is 13.0. The lowest BCUT2D eigenvalue weighted by molar-refractivity contribution is 0.669.